The number of carbonyl (C=O) groups is 2. The molecular weight excluding hydrogens is 359 g/mol. The Labute approximate surface area is 146 Å². The largest absolute Gasteiger partial charge is 0.469 e. The Bertz CT molecular complexity index is 759. The van der Waals surface area contributed by atoms with E-state index in [2.05, 4.69) is 15.0 Å². The Morgan fingerprint density at radius 2 is 2.13 bits per heavy atom. The summed E-state index contributed by atoms with van der Waals surface area (Å²) in [7, 11) is 1.31. The maximum atomic E-state index is 11.8. The molecule has 0 aliphatic carbocycles. The van der Waals surface area contributed by atoms with Crippen molar-refractivity contribution in [2.24, 2.45) is 0 Å². The van der Waals surface area contributed by atoms with Crippen molar-refractivity contribution >= 4 is 57.6 Å². The average Bonchev–Trinajstić information content (AvgIpc) is 2.95. The third-order valence-corrected chi connectivity index (χ3v) is 4.25. The van der Waals surface area contributed by atoms with Crippen molar-refractivity contribution in [2.45, 2.75) is 6.42 Å². The molecular formula is C15H12Cl2N2O3S. The summed E-state index contributed by atoms with van der Waals surface area (Å²) in [6, 6.07) is 5.06. The summed E-state index contributed by atoms with van der Waals surface area (Å²) in [5.41, 5.74) is 1.30. The summed E-state index contributed by atoms with van der Waals surface area (Å²) in [6.07, 6.45) is 3.05. The van der Waals surface area contributed by atoms with Gasteiger partial charge in [0.15, 0.2) is 5.13 Å². The van der Waals surface area contributed by atoms with E-state index in [1.807, 2.05) is 0 Å². The molecule has 120 valence electrons. The van der Waals surface area contributed by atoms with E-state index < -0.39 is 0 Å². The molecule has 0 spiro atoms. The van der Waals surface area contributed by atoms with E-state index in [-0.39, 0.29) is 18.3 Å². The second-order valence-electron chi connectivity index (χ2n) is 4.39. The van der Waals surface area contributed by atoms with Gasteiger partial charge in [-0.2, -0.15) is 0 Å². The number of esters is 1. The van der Waals surface area contributed by atoms with Crippen LogP contribution in [0.3, 0.4) is 0 Å². The van der Waals surface area contributed by atoms with Gasteiger partial charge in [-0.1, -0.05) is 29.3 Å². The molecule has 2 aromatic rings. The summed E-state index contributed by atoms with van der Waals surface area (Å²) in [5, 5.41) is 5.59. The summed E-state index contributed by atoms with van der Waals surface area (Å²) in [5.74, 6) is -0.720. The van der Waals surface area contributed by atoms with Crippen LogP contribution in [0.2, 0.25) is 10.0 Å². The number of carbonyl (C=O) groups excluding carboxylic acids is 2. The lowest BCUT2D eigenvalue weighted by atomic mass is 10.2. The van der Waals surface area contributed by atoms with Gasteiger partial charge in [0.05, 0.1) is 29.3 Å². The van der Waals surface area contributed by atoms with Gasteiger partial charge in [0, 0.05) is 11.5 Å². The fraction of sp³-hybridized carbons (Fsp3) is 0.133. The van der Waals surface area contributed by atoms with Crippen LogP contribution >= 0.6 is 34.5 Å². The van der Waals surface area contributed by atoms with E-state index in [0.29, 0.717) is 20.9 Å². The highest BCUT2D eigenvalue weighted by Crippen LogP contribution is 2.23. The van der Waals surface area contributed by atoms with Crippen LogP contribution in [0.4, 0.5) is 5.13 Å². The van der Waals surface area contributed by atoms with Crippen molar-refractivity contribution in [1.82, 2.24) is 4.98 Å². The van der Waals surface area contributed by atoms with Gasteiger partial charge in [-0.25, -0.2) is 4.98 Å². The normalized spacial score (nSPS) is 10.7. The van der Waals surface area contributed by atoms with Gasteiger partial charge in [-0.15, -0.1) is 11.3 Å². The third kappa shape index (κ3) is 5.35. The van der Waals surface area contributed by atoms with Crippen LogP contribution in [0.15, 0.2) is 29.7 Å². The molecule has 0 atom stereocenters. The van der Waals surface area contributed by atoms with Crippen molar-refractivity contribution in [2.75, 3.05) is 12.4 Å². The number of hydrogen-bond donors (Lipinski definition) is 1. The first-order valence-electron chi connectivity index (χ1n) is 6.43. The topological polar surface area (TPSA) is 68.3 Å². The molecule has 0 saturated heterocycles. The van der Waals surface area contributed by atoms with Crippen LogP contribution in [-0.4, -0.2) is 24.0 Å². The van der Waals surface area contributed by atoms with Crippen molar-refractivity contribution in [3.8, 4) is 0 Å². The Hall–Kier alpha value is -1.89. The van der Waals surface area contributed by atoms with Gasteiger partial charge in [0.2, 0.25) is 5.91 Å². The van der Waals surface area contributed by atoms with Gasteiger partial charge in [0.1, 0.15) is 0 Å². The number of nitrogens with zero attached hydrogens (tertiary/aromatic N) is 1. The number of nitrogens with one attached hydrogen (secondary N) is 1. The molecule has 1 heterocycles. The molecule has 0 saturated carbocycles. The molecule has 5 nitrogen and oxygen atoms in total. The molecule has 23 heavy (non-hydrogen) atoms. The van der Waals surface area contributed by atoms with Crippen LogP contribution in [0, 0.1) is 0 Å². The molecule has 1 amide bonds. The minimum absolute atomic E-state index is 0.0714. The zero-order valence-electron chi connectivity index (χ0n) is 12.0. The molecule has 2 rings (SSSR count). The molecule has 0 unspecified atom stereocenters. The number of hydrogen-bond acceptors (Lipinski definition) is 5. The predicted molar refractivity (Wildman–Crippen MR) is 92.0 cm³/mol. The Morgan fingerprint density at radius 1 is 1.35 bits per heavy atom. The Balaban J connectivity index is 1.95. The predicted octanol–water partition coefficient (Wildman–Crippen LogP) is 3.82. The Morgan fingerprint density at radius 3 is 2.83 bits per heavy atom. The van der Waals surface area contributed by atoms with Crippen molar-refractivity contribution in [3.63, 3.8) is 0 Å². The molecule has 0 radical (unpaired) electrons. The molecule has 1 aromatic heterocycles. The second-order valence-corrected chi connectivity index (χ2v) is 6.07. The standard InChI is InChI=1S/C15H12Cl2N2O3S/c1-22-14(21)7-10-8-23-15(18-10)19-13(20)5-3-9-2-4-11(16)12(17)6-9/h2-6,8H,7H2,1H3,(H,18,19,20)/b5-3+. The number of methoxy groups -OCH3 is 1. The monoisotopic (exact) mass is 370 g/mol. The Kier molecular flexibility index (Phi) is 6.15. The summed E-state index contributed by atoms with van der Waals surface area (Å²) in [6.45, 7) is 0. The van der Waals surface area contributed by atoms with E-state index in [0.717, 1.165) is 5.56 Å². The smallest absolute Gasteiger partial charge is 0.311 e. The SMILES string of the molecule is COC(=O)Cc1csc(NC(=O)/C=C/c2ccc(Cl)c(Cl)c2)n1. The van der Waals surface area contributed by atoms with Crippen LogP contribution in [0.5, 0.6) is 0 Å². The lowest BCUT2D eigenvalue weighted by molar-refractivity contribution is -0.139. The summed E-state index contributed by atoms with van der Waals surface area (Å²) >= 11 is 13.0. The number of halogens is 2. The highest BCUT2D eigenvalue weighted by molar-refractivity contribution is 7.14. The van der Waals surface area contributed by atoms with Gasteiger partial charge in [-0.05, 0) is 23.8 Å². The average molecular weight is 371 g/mol. The molecule has 0 aliphatic heterocycles. The molecule has 0 bridgehead atoms. The lowest BCUT2D eigenvalue weighted by Crippen LogP contribution is -2.08. The lowest BCUT2D eigenvalue weighted by Gasteiger charge is -1.98. The minimum atomic E-state index is -0.382. The number of thiazole rings is 1. The first-order valence-corrected chi connectivity index (χ1v) is 8.07. The maximum Gasteiger partial charge on any atom is 0.311 e. The summed E-state index contributed by atoms with van der Waals surface area (Å²) < 4.78 is 4.56. The highest BCUT2D eigenvalue weighted by Gasteiger charge is 2.08. The van der Waals surface area contributed by atoms with Crippen LogP contribution < -0.4 is 5.32 Å². The number of ether oxygens (including phenoxy) is 1. The molecule has 1 aromatic carbocycles. The van der Waals surface area contributed by atoms with E-state index in [1.54, 1.807) is 29.7 Å². The van der Waals surface area contributed by atoms with E-state index in [9.17, 15) is 9.59 Å². The fourth-order valence-corrected chi connectivity index (χ4v) is 2.62. The quantitative estimate of drug-likeness (QED) is 0.641. The van der Waals surface area contributed by atoms with E-state index in [1.165, 1.54) is 24.5 Å². The molecule has 0 aliphatic rings. The number of rotatable bonds is 5. The van der Waals surface area contributed by atoms with E-state index >= 15 is 0 Å². The van der Waals surface area contributed by atoms with Crippen LogP contribution in [0.1, 0.15) is 11.3 Å². The van der Waals surface area contributed by atoms with Gasteiger partial charge < -0.3 is 4.74 Å². The third-order valence-electron chi connectivity index (χ3n) is 2.71. The van der Waals surface area contributed by atoms with Gasteiger partial charge >= 0.3 is 5.97 Å². The van der Waals surface area contributed by atoms with Crippen molar-refractivity contribution < 1.29 is 14.3 Å². The molecule has 0 fully saturated rings. The van der Waals surface area contributed by atoms with Crippen molar-refractivity contribution in [1.29, 1.82) is 0 Å². The fourth-order valence-electron chi connectivity index (χ4n) is 1.60. The highest BCUT2D eigenvalue weighted by atomic mass is 35.5. The zero-order valence-corrected chi connectivity index (χ0v) is 14.3. The molecule has 8 heteroatoms. The zero-order chi connectivity index (χ0) is 16.8. The summed E-state index contributed by atoms with van der Waals surface area (Å²) in [4.78, 5) is 27.1. The number of aromatic nitrogens is 1. The first kappa shape index (κ1) is 17.5. The number of benzene rings is 1. The van der Waals surface area contributed by atoms with Gasteiger partial charge in [0.25, 0.3) is 0 Å². The minimum Gasteiger partial charge on any atom is -0.469 e. The first-order chi connectivity index (χ1) is 11.0. The molecule has 1 N–H and O–H groups in total. The van der Waals surface area contributed by atoms with Crippen molar-refractivity contribution in [3.05, 3.63) is 51.0 Å². The van der Waals surface area contributed by atoms with Crippen LogP contribution in [-0.2, 0) is 20.7 Å². The second kappa shape index (κ2) is 8.10. The maximum absolute atomic E-state index is 11.8. The number of amides is 1. The van der Waals surface area contributed by atoms with E-state index in [4.69, 9.17) is 23.2 Å². The van der Waals surface area contributed by atoms with Gasteiger partial charge in [-0.3, -0.25) is 14.9 Å². The van der Waals surface area contributed by atoms with Crippen LogP contribution in [0.25, 0.3) is 6.08 Å². The number of anilines is 1.